The third-order valence-electron chi connectivity index (χ3n) is 2.95. The van der Waals surface area contributed by atoms with Crippen molar-refractivity contribution < 1.29 is 0 Å². The van der Waals surface area contributed by atoms with Crippen molar-refractivity contribution in [3.63, 3.8) is 0 Å². The molecule has 4 rings (SSSR count). The first kappa shape index (κ1) is 7.80. The van der Waals surface area contributed by atoms with Gasteiger partial charge in [-0.3, -0.25) is 0 Å². The molecule has 0 bridgehead atoms. The summed E-state index contributed by atoms with van der Waals surface area (Å²) in [4.78, 5) is 9.90. The van der Waals surface area contributed by atoms with Crippen LogP contribution in [0.5, 0.6) is 0 Å². The van der Waals surface area contributed by atoms with Crippen LogP contribution in [0.25, 0.3) is 0 Å². The van der Waals surface area contributed by atoms with Crippen molar-refractivity contribution in [3.05, 3.63) is 63.6 Å². The molecule has 0 aromatic rings. The van der Waals surface area contributed by atoms with Crippen molar-refractivity contribution in [1.82, 2.24) is 0 Å². The summed E-state index contributed by atoms with van der Waals surface area (Å²) in [6, 6.07) is 0. The summed E-state index contributed by atoms with van der Waals surface area (Å²) in [6.07, 6.45) is 9.43. The van der Waals surface area contributed by atoms with Crippen molar-refractivity contribution >= 4 is 29.3 Å². The molecule has 2 heteroatoms. The molecule has 4 aliphatic rings. The fraction of sp³-hybridized carbons (Fsp3) is 0. The molecule has 0 aromatic heterocycles. The molecule has 0 aromatic carbocycles. The zero-order chi connectivity index (χ0) is 9.12. The fourth-order valence-electron chi connectivity index (χ4n) is 2.28. The molecule has 0 nitrogen and oxygen atoms in total. The Hall–Kier alpha value is -0.443. The molecule has 0 saturated carbocycles. The van der Waals surface area contributed by atoms with Crippen molar-refractivity contribution in [2.75, 3.05) is 0 Å². The zero-order valence-corrected chi connectivity index (χ0v) is 11.3. The molecule has 0 fully saturated rings. The van der Waals surface area contributed by atoms with Crippen LogP contribution >= 0.6 is 0 Å². The predicted octanol–water partition coefficient (Wildman–Crippen LogP) is 2.08. The molecule has 0 aliphatic carbocycles. The molecule has 0 radical (unpaired) electrons. The molecular weight excluding hydrogens is 294 g/mol. The van der Waals surface area contributed by atoms with Crippen LogP contribution in [0, 0.1) is 0 Å². The second kappa shape index (κ2) is 2.57. The van der Waals surface area contributed by atoms with Crippen LogP contribution in [0.3, 0.4) is 0 Å². The molecule has 0 N–H and O–H groups in total. The van der Waals surface area contributed by atoms with Gasteiger partial charge >= 0.3 is 92.9 Å². The van der Waals surface area contributed by atoms with Crippen molar-refractivity contribution in [2.24, 2.45) is 0 Å². The quantitative estimate of drug-likeness (QED) is 0.601. The fourth-order valence-corrected chi connectivity index (χ4v) is 12.6. The SMILES string of the molecule is C1=C[As]2C=CC3=C4C2=C1C=C[As]4C=C3. The van der Waals surface area contributed by atoms with E-state index in [2.05, 4.69) is 43.8 Å². The van der Waals surface area contributed by atoms with Gasteiger partial charge in [0.05, 0.1) is 0 Å². The van der Waals surface area contributed by atoms with Gasteiger partial charge in [0.2, 0.25) is 0 Å². The summed E-state index contributed by atoms with van der Waals surface area (Å²) in [7, 11) is 0. The van der Waals surface area contributed by atoms with Gasteiger partial charge in [-0.05, 0) is 0 Å². The van der Waals surface area contributed by atoms with E-state index in [0.717, 1.165) is 0 Å². The Morgan fingerprint density at radius 3 is 1.29 bits per heavy atom. The maximum atomic E-state index is 2.48. The molecule has 0 atom stereocenters. The average molecular weight is 302 g/mol. The molecule has 0 saturated heterocycles. The van der Waals surface area contributed by atoms with E-state index in [1.807, 2.05) is 0 Å². The van der Waals surface area contributed by atoms with E-state index in [4.69, 9.17) is 0 Å². The second-order valence-corrected chi connectivity index (χ2v) is 11.5. The van der Waals surface area contributed by atoms with Gasteiger partial charge in [0.25, 0.3) is 0 Å². The Kier molecular flexibility index (Phi) is 1.43. The van der Waals surface area contributed by atoms with Crippen molar-refractivity contribution in [1.29, 1.82) is 0 Å². The summed E-state index contributed by atoms with van der Waals surface area (Å²) >= 11 is -1.74. The number of rotatable bonds is 0. The van der Waals surface area contributed by atoms with Gasteiger partial charge in [-0.2, -0.15) is 0 Å². The van der Waals surface area contributed by atoms with Crippen LogP contribution in [-0.2, 0) is 0 Å². The first-order valence-electron chi connectivity index (χ1n) is 4.72. The van der Waals surface area contributed by atoms with Crippen molar-refractivity contribution in [3.8, 4) is 0 Å². The second-order valence-electron chi connectivity index (χ2n) is 3.69. The molecular formula is C12H8As2. The zero-order valence-electron chi connectivity index (χ0n) is 7.51. The summed E-state index contributed by atoms with van der Waals surface area (Å²) in [6.45, 7) is 0. The molecule has 4 heterocycles. The first-order valence-corrected chi connectivity index (χ1v) is 10.9. The third-order valence-corrected chi connectivity index (χ3v) is 11.9. The molecule has 0 spiro atoms. The van der Waals surface area contributed by atoms with Crippen LogP contribution in [0.2, 0.25) is 0 Å². The van der Waals surface area contributed by atoms with Gasteiger partial charge < -0.3 is 0 Å². The molecule has 0 amide bonds. The van der Waals surface area contributed by atoms with Gasteiger partial charge in [0, 0.05) is 0 Å². The van der Waals surface area contributed by atoms with E-state index in [1.54, 1.807) is 8.72 Å². The monoisotopic (exact) mass is 302 g/mol. The molecule has 66 valence electrons. The summed E-state index contributed by atoms with van der Waals surface area (Å²) < 4.78 is 3.53. The van der Waals surface area contributed by atoms with Crippen LogP contribution in [0.4, 0.5) is 0 Å². The Balaban J connectivity index is 2.07. The van der Waals surface area contributed by atoms with Crippen LogP contribution in [0.15, 0.2) is 63.6 Å². The minimum atomic E-state index is -0.871. The van der Waals surface area contributed by atoms with Crippen LogP contribution in [-0.4, -0.2) is 29.3 Å². The van der Waals surface area contributed by atoms with E-state index in [9.17, 15) is 0 Å². The van der Waals surface area contributed by atoms with E-state index >= 15 is 0 Å². The van der Waals surface area contributed by atoms with Crippen LogP contribution in [0.1, 0.15) is 0 Å². The topological polar surface area (TPSA) is 0 Å². The minimum absolute atomic E-state index is 0.871. The van der Waals surface area contributed by atoms with E-state index < -0.39 is 29.3 Å². The third kappa shape index (κ3) is 0.823. The van der Waals surface area contributed by atoms with Gasteiger partial charge in [-0.25, -0.2) is 0 Å². The Morgan fingerprint density at radius 2 is 0.929 bits per heavy atom. The number of hydrogen-bond donors (Lipinski definition) is 0. The average Bonchev–Trinajstić information content (AvgIpc) is 2.77. The van der Waals surface area contributed by atoms with E-state index in [0.29, 0.717) is 0 Å². The first-order chi connectivity index (χ1) is 6.93. The van der Waals surface area contributed by atoms with Gasteiger partial charge in [0.15, 0.2) is 0 Å². The Morgan fingerprint density at radius 1 is 0.571 bits per heavy atom. The maximum absolute atomic E-state index is 2.48. The van der Waals surface area contributed by atoms with E-state index in [-0.39, 0.29) is 0 Å². The Labute approximate surface area is 92.6 Å². The predicted molar refractivity (Wildman–Crippen MR) is 62.1 cm³/mol. The van der Waals surface area contributed by atoms with Crippen molar-refractivity contribution in [2.45, 2.75) is 0 Å². The molecule has 4 aliphatic heterocycles. The normalized spacial score (nSPS) is 34.9. The standard InChI is InChI=1S/C12H8As2/c1-5-13-8-4-10-2-6-14-7-3-9(1)11(13)12(10)14/h1-8H. The number of hydrogen-bond acceptors (Lipinski definition) is 0. The van der Waals surface area contributed by atoms with Gasteiger partial charge in [0.1, 0.15) is 0 Å². The van der Waals surface area contributed by atoms with Gasteiger partial charge in [-0.15, -0.1) is 0 Å². The summed E-state index contributed by atoms with van der Waals surface area (Å²) in [5.74, 6) is 0. The van der Waals surface area contributed by atoms with Gasteiger partial charge in [-0.1, -0.05) is 0 Å². The Bertz CT molecular complexity index is 464. The molecule has 0 unspecified atom stereocenters. The summed E-state index contributed by atoms with van der Waals surface area (Å²) in [5.41, 5.74) is 3.05. The van der Waals surface area contributed by atoms with Crippen LogP contribution < -0.4 is 0 Å². The number of allylic oxidation sites excluding steroid dienone is 8. The van der Waals surface area contributed by atoms with E-state index in [1.165, 1.54) is 11.1 Å². The summed E-state index contributed by atoms with van der Waals surface area (Å²) in [5, 5.41) is 0. The molecule has 14 heavy (non-hydrogen) atoms.